The lowest BCUT2D eigenvalue weighted by Crippen LogP contribution is -2.11. The number of carbonyl (C=O) groups excluding carboxylic acids is 2. The van der Waals surface area contributed by atoms with E-state index < -0.39 is 0 Å². The number of benzene rings is 2. The lowest BCUT2D eigenvalue weighted by Gasteiger charge is -2.11. The highest BCUT2D eigenvalue weighted by Crippen LogP contribution is 2.28. The van der Waals surface area contributed by atoms with E-state index >= 15 is 0 Å². The maximum atomic E-state index is 12.3. The summed E-state index contributed by atoms with van der Waals surface area (Å²) in [5, 5.41) is 6.46. The number of aromatic nitrogens is 1. The van der Waals surface area contributed by atoms with Gasteiger partial charge in [-0.05, 0) is 36.4 Å². The van der Waals surface area contributed by atoms with Crippen molar-refractivity contribution in [1.29, 1.82) is 0 Å². The number of hydrogen-bond acceptors (Lipinski definition) is 4. The van der Waals surface area contributed by atoms with Crippen LogP contribution in [-0.4, -0.2) is 23.9 Å². The van der Waals surface area contributed by atoms with E-state index in [1.165, 1.54) is 20.1 Å². The summed E-state index contributed by atoms with van der Waals surface area (Å²) in [4.78, 5) is 28.0. The Hall–Kier alpha value is -3.67. The number of amides is 2. The van der Waals surface area contributed by atoms with E-state index in [0.717, 1.165) is 10.9 Å². The molecule has 0 atom stereocenters. The number of methoxy groups -OCH3 is 1. The van der Waals surface area contributed by atoms with Crippen LogP contribution >= 0.6 is 0 Å². The van der Waals surface area contributed by atoms with Crippen LogP contribution in [0.25, 0.3) is 17.0 Å². The number of pyridine rings is 1. The highest BCUT2D eigenvalue weighted by molar-refractivity contribution is 6.03. The second-order valence-corrected chi connectivity index (χ2v) is 5.85. The Kier molecular flexibility index (Phi) is 5.47. The lowest BCUT2D eigenvalue weighted by atomic mass is 10.2. The van der Waals surface area contributed by atoms with Gasteiger partial charge in [-0.3, -0.25) is 9.59 Å². The summed E-state index contributed by atoms with van der Waals surface area (Å²) in [5.74, 6) is -0.0300. The van der Waals surface area contributed by atoms with Gasteiger partial charge in [0.05, 0.1) is 24.0 Å². The normalized spacial score (nSPS) is 10.7. The summed E-state index contributed by atoms with van der Waals surface area (Å²) in [6.45, 7) is 1.42. The molecule has 2 N–H and O–H groups in total. The molecule has 2 amide bonds. The predicted molar refractivity (Wildman–Crippen MR) is 107 cm³/mol. The largest absolute Gasteiger partial charge is 0.495 e. The Morgan fingerprint density at radius 3 is 2.63 bits per heavy atom. The van der Waals surface area contributed by atoms with Crippen LogP contribution < -0.4 is 15.4 Å². The fraction of sp³-hybridized carbons (Fsp3) is 0.0952. The Morgan fingerprint density at radius 2 is 1.85 bits per heavy atom. The molecule has 1 heterocycles. The third-order valence-corrected chi connectivity index (χ3v) is 3.80. The van der Waals surface area contributed by atoms with Crippen molar-refractivity contribution in [1.82, 2.24) is 4.98 Å². The van der Waals surface area contributed by atoms with Crippen LogP contribution in [0.3, 0.4) is 0 Å². The second kappa shape index (κ2) is 8.14. The smallest absolute Gasteiger partial charge is 0.248 e. The number of hydrogen-bond donors (Lipinski definition) is 2. The van der Waals surface area contributed by atoms with E-state index in [0.29, 0.717) is 22.8 Å². The Morgan fingerprint density at radius 1 is 1.04 bits per heavy atom. The first-order chi connectivity index (χ1) is 13.0. The second-order valence-electron chi connectivity index (χ2n) is 5.85. The van der Waals surface area contributed by atoms with Gasteiger partial charge in [-0.2, -0.15) is 0 Å². The van der Waals surface area contributed by atoms with E-state index in [1.54, 1.807) is 24.3 Å². The van der Waals surface area contributed by atoms with E-state index in [4.69, 9.17) is 4.74 Å². The quantitative estimate of drug-likeness (QED) is 0.677. The zero-order valence-corrected chi connectivity index (χ0v) is 15.0. The molecular weight excluding hydrogens is 342 g/mol. The van der Waals surface area contributed by atoms with E-state index in [2.05, 4.69) is 15.6 Å². The molecule has 2 aromatic carbocycles. The third-order valence-electron chi connectivity index (χ3n) is 3.80. The molecule has 0 aliphatic carbocycles. The number of ether oxygens (including phenoxy) is 1. The van der Waals surface area contributed by atoms with Crippen LogP contribution in [0.2, 0.25) is 0 Å². The highest BCUT2D eigenvalue weighted by Gasteiger charge is 2.08. The van der Waals surface area contributed by atoms with Crippen LogP contribution in [0, 0.1) is 0 Å². The van der Waals surface area contributed by atoms with Gasteiger partial charge in [0.15, 0.2) is 0 Å². The molecule has 0 unspecified atom stereocenters. The minimum Gasteiger partial charge on any atom is -0.495 e. The van der Waals surface area contributed by atoms with Crippen molar-refractivity contribution < 1.29 is 14.3 Å². The molecule has 0 bridgehead atoms. The van der Waals surface area contributed by atoms with Gasteiger partial charge < -0.3 is 15.4 Å². The first-order valence-corrected chi connectivity index (χ1v) is 8.35. The predicted octanol–water partition coefficient (Wildman–Crippen LogP) is 3.85. The van der Waals surface area contributed by atoms with Crippen molar-refractivity contribution in [3.63, 3.8) is 0 Å². The standard InChI is InChI=1S/C21H19N3O3/c1-14(25)22-17-9-11-20(27-2)19(13-17)24-21(26)12-10-16-8-7-15-5-3-4-6-18(15)23-16/h3-13H,1-2H3,(H,22,25)(H,24,26). The van der Waals surface area contributed by atoms with E-state index in [-0.39, 0.29) is 11.8 Å². The molecule has 1 aromatic heterocycles. The Balaban J connectivity index is 1.75. The fourth-order valence-electron chi connectivity index (χ4n) is 2.60. The minimum absolute atomic E-state index is 0.195. The van der Waals surface area contributed by atoms with Crippen LogP contribution in [0.4, 0.5) is 11.4 Å². The van der Waals surface area contributed by atoms with Crippen molar-refractivity contribution in [3.8, 4) is 5.75 Å². The lowest BCUT2D eigenvalue weighted by molar-refractivity contribution is -0.114. The first kappa shape index (κ1) is 18.1. The molecule has 0 fully saturated rings. The highest BCUT2D eigenvalue weighted by atomic mass is 16.5. The van der Waals surface area contributed by atoms with Crippen LogP contribution in [0.5, 0.6) is 5.75 Å². The van der Waals surface area contributed by atoms with Gasteiger partial charge in [-0.25, -0.2) is 4.98 Å². The number of nitrogens with zero attached hydrogens (tertiary/aromatic N) is 1. The summed E-state index contributed by atoms with van der Waals surface area (Å²) in [6, 6.07) is 16.6. The number of anilines is 2. The SMILES string of the molecule is COc1ccc(NC(C)=O)cc1NC(=O)C=Cc1ccc2ccccc2n1. The molecule has 0 spiro atoms. The number of fused-ring (bicyclic) bond motifs is 1. The summed E-state index contributed by atoms with van der Waals surface area (Å²) >= 11 is 0. The van der Waals surface area contributed by atoms with Gasteiger partial charge in [-0.15, -0.1) is 0 Å². The van der Waals surface area contributed by atoms with E-state index in [9.17, 15) is 9.59 Å². The minimum atomic E-state index is -0.330. The van der Waals surface area contributed by atoms with Crippen LogP contribution in [-0.2, 0) is 9.59 Å². The van der Waals surface area contributed by atoms with E-state index in [1.807, 2.05) is 36.4 Å². The number of rotatable bonds is 5. The molecule has 6 nitrogen and oxygen atoms in total. The number of carbonyl (C=O) groups is 2. The fourth-order valence-corrected chi connectivity index (χ4v) is 2.60. The first-order valence-electron chi connectivity index (χ1n) is 8.35. The topological polar surface area (TPSA) is 80.3 Å². The van der Waals surface area contributed by atoms with Crippen molar-refractivity contribution in [2.24, 2.45) is 0 Å². The molecule has 136 valence electrons. The van der Waals surface area contributed by atoms with Gasteiger partial charge in [0.2, 0.25) is 11.8 Å². The molecule has 3 rings (SSSR count). The van der Waals surface area contributed by atoms with Crippen LogP contribution in [0.1, 0.15) is 12.6 Å². The Labute approximate surface area is 156 Å². The average molecular weight is 361 g/mol. The monoisotopic (exact) mass is 361 g/mol. The van der Waals surface area contributed by atoms with Gasteiger partial charge in [0, 0.05) is 24.1 Å². The maximum absolute atomic E-state index is 12.3. The maximum Gasteiger partial charge on any atom is 0.248 e. The molecule has 0 saturated heterocycles. The molecular formula is C21H19N3O3. The summed E-state index contributed by atoms with van der Waals surface area (Å²) in [6.07, 6.45) is 3.05. The summed E-state index contributed by atoms with van der Waals surface area (Å²) in [5.41, 5.74) is 2.58. The van der Waals surface area contributed by atoms with Gasteiger partial charge >= 0.3 is 0 Å². The zero-order valence-electron chi connectivity index (χ0n) is 15.0. The Bertz CT molecular complexity index is 1030. The molecule has 3 aromatic rings. The number of nitrogens with one attached hydrogen (secondary N) is 2. The molecule has 27 heavy (non-hydrogen) atoms. The summed E-state index contributed by atoms with van der Waals surface area (Å²) in [7, 11) is 1.51. The van der Waals surface area contributed by atoms with Crippen molar-refractivity contribution in [2.75, 3.05) is 17.7 Å². The van der Waals surface area contributed by atoms with Crippen LogP contribution in [0.15, 0.2) is 60.7 Å². The summed E-state index contributed by atoms with van der Waals surface area (Å²) < 4.78 is 5.25. The van der Waals surface area contributed by atoms with Gasteiger partial charge in [0.25, 0.3) is 0 Å². The van der Waals surface area contributed by atoms with Gasteiger partial charge in [-0.1, -0.05) is 24.3 Å². The molecule has 6 heteroatoms. The number of para-hydroxylation sites is 1. The van der Waals surface area contributed by atoms with Gasteiger partial charge in [0.1, 0.15) is 5.75 Å². The molecule has 0 aliphatic heterocycles. The molecule has 0 aliphatic rings. The van der Waals surface area contributed by atoms with Crippen molar-refractivity contribution in [3.05, 3.63) is 66.4 Å². The van der Waals surface area contributed by atoms with Crippen molar-refractivity contribution in [2.45, 2.75) is 6.92 Å². The third kappa shape index (κ3) is 4.70. The molecule has 0 saturated carbocycles. The zero-order chi connectivity index (χ0) is 19.2. The molecule has 0 radical (unpaired) electrons. The van der Waals surface area contributed by atoms with Crippen molar-refractivity contribution >= 4 is 40.2 Å². The average Bonchev–Trinajstić information content (AvgIpc) is 2.66.